The van der Waals surface area contributed by atoms with Crippen LogP contribution in [0.2, 0.25) is 0 Å². The number of hydrogen-bond acceptors (Lipinski definition) is 4. The zero-order valence-electron chi connectivity index (χ0n) is 10.1. The van der Waals surface area contributed by atoms with Crippen molar-refractivity contribution < 1.29 is 38.4 Å². The molecule has 1 aromatic carbocycles. The highest BCUT2D eigenvalue weighted by Gasteiger charge is 2.21. The molecule has 0 radical (unpaired) electrons. The van der Waals surface area contributed by atoms with Gasteiger partial charge in [0.2, 0.25) is 0 Å². The molecule has 0 fully saturated rings. The Morgan fingerprint density at radius 1 is 1.25 bits per heavy atom. The van der Waals surface area contributed by atoms with Gasteiger partial charge in [-0.1, -0.05) is 6.07 Å². The van der Waals surface area contributed by atoms with Crippen LogP contribution in [0.15, 0.2) is 18.2 Å². The molecule has 1 rings (SSSR count). The quantitative estimate of drug-likeness (QED) is 0.701. The number of hydrogen-bond donors (Lipinski definition) is 3. The fraction of sp³-hybridized carbons (Fsp3) is 0.333. The highest BCUT2D eigenvalue weighted by molar-refractivity contribution is 5.75. The Kier molecular flexibility index (Phi) is 5.39. The zero-order chi connectivity index (χ0) is 15.3. The summed E-state index contributed by atoms with van der Waals surface area (Å²) in [6.45, 7) is -3.09. The fourth-order valence-electron chi connectivity index (χ4n) is 1.61. The second-order valence-corrected chi connectivity index (χ2v) is 3.87. The molecule has 0 aromatic heterocycles. The first-order valence-corrected chi connectivity index (χ1v) is 5.51. The maximum Gasteiger partial charge on any atom is 0.387 e. The molecule has 0 amide bonds. The average Bonchev–Trinajstić information content (AvgIpc) is 2.35. The largest absolute Gasteiger partial charge is 0.481 e. The highest BCUT2D eigenvalue weighted by Crippen LogP contribution is 2.26. The monoisotopic (exact) mass is 290 g/mol. The zero-order valence-corrected chi connectivity index (χ0v) is 10.1. The topological polar surface area (TPSA) is 104 Å². The molecule has 0 aliphatic rings. The van der Waals surface area contributed by atoms with Crippen LogP contribution in [0.3, 0.4) is 0 Å². The van der Waals surface area contributed by atoms with Gasteiger partial charge < -0.3 is 20.1 Å². The van der Waals surface area contributed by atoms with Crippen molar-refractivity contribution in [3.63, 3.8) is 0 Å². The van der Waals surface area contributed by atoms with E-state index in [4.69, 9.17) is 10.2 Å². The van der Waals surface area contributed by atoms with Crippen LogP contribution in [-0.4, -0.2) is 33.9 Å². The molecule has 6 nitrogen and oxygen atoms in total. The summed E-state index contributed by atoms with van der Waals surface area (Å²) in [4.78, 5) is 21.3. The number of rotatable bonds is 7. The summed E-state index contributed by atoms with van der Waals surface area (Å²) in [6, 6.07) is 3.37. The lowest BCUT2D eigenvalue weighted by molar-refractivity contribution is -0.147. The van der Waals surface area contributed by atoms with Crippen molar-refractivity contribution in [2.45, 2.75) is 25.6 Å². The average molecular weight is 290 g/mol. The van der Waals surface area contributed by atoms with Gasteiger partial charge in [0.15, 0.2) is 6.10 Å². The molecule has 0 saturated carbocycles. The van der Waals surface area contributed by atoms with Gasteiger partial charge >= 0.3 is 18.6 Å². The molecule has 20 heavy (non-hydrogen) atoms. The molecule has 8 heteroatoms. The summed E-state index contributed by atoms with van der Waals surface area (Å²) in [5.74, 6) is -2.99. The number of carboxylic acids is 2. The van der Waals surface area contributed by atoms with Gasteiger partial charge in [-0.2, -0.15) is 8.78 Å². The summed E-state index contributed by atoms with van der Waals surface area (Å²) >= 11 is 0. The molecule has 1 unspecified atom stereocenters. The molecule has 0 bridgehead atoms. The Hall–Kier alpha value is -2.22. The van der Waals surface area contributed by atoms with Crippen molar-refractivity contribution in [1.82, 2.24) is 0 Å². The van der Waals surface area contributed by atoms with Crippen LogP contribution in [0.1, 0.15) is 23.7 Å². The van der Waals surface area contributed by atoms with Crippen LogP contribution in [-0.2, 0) is 16.0 Å². The van der Waals surface area contributed by atoms with Gasteiger partial charge in [0.1, 0.15) is 5.75 Å². The number of benzene rings is 1. The van der Waals surface area contributed by atoms with E-state index in [1.165, 1.54) is 6.07 Å². The molecule has 1 aromatic rings. The van der Waals surface area contributed by atoms with Crippen LogP contribution in [0.25, 0.3) is 0 Å². The number of aliphatic hydroxyl groups excluding tert-OH is 1. The van der Waals surface area contributed by atoms with Gasteiger partial charge in [-0.3, -0.25) is 4.79 Å². The van der Waals surface area contributed by atoms with E-state index in [1.807, 2.05) is 0 Å². The van der Waals surface area contributed by atoms with Gasteiger partial charge in [0, 0.05) is 6.42 Å². The molecule has 1 atom stereocenters. The van der Waals surface area contributed by atoms with Crippen molar-refractivity contribution in [2.24, 2.45) is 0 Å². The summed E-state index contributed by atoms with van der Waals surface area (Å²) in [5, 5.41) is 26.9. The third-order valence-electron chi connectivity index (χ3n) is 2.48. The number of halogens is 2. The SMILES string of the molecule is O=C(O)CCc1ccc(OC(F)F)cc1C(O)C(=O)O. The van der Waals surface area contributed by atoms with Crippen molar-refractivity contribution >= 4 is 11.9 Å². The minimum absolute atomic E-state index is 0.0377. The Bertz CT molecular complexity index is 503. The summed E-state index contributed by atoms with van der Waals surface area (Å²) < 4.78 is 28.3. The Morgan fingerprint density at radius 3 is 2.40 bits per heavy atom. The van der Waals surface area contributed by atoms with E-state index in [9.17, 15) is 23.5 Å². The van der Waals surface area contributed by atoms with Gasteiger partial charge in [0.05, 0.1) is 0 Å². The molecule has 0 aliphatic carbocycles. The fourth-order valence-corrected chi connectivity index (χ4v) is 1.61. The first-order valence-electron chi connectivity index (χ1n) is 5.51. The van der Waals surface area contributed by atoms with Gasteiger partial charge in [-0.05, 0) is 29.7 Å². The van der Waals surface area contributed by atoms with E-state index >= 15 is 0 Å². The normalized spacial score (nSPS) is 12.2. The predicted octanol–water partition coefficient (Wildman–Crippen LogP) is 1.42. The van der Waals surface area contributed by atoms with Gasteiger partial charge in [-0.25, -0.2) is 4.79 Å². The summed E-state index contributed by atoms with van der Waals surface area (Å²) in [5.41, 5.74) is 0.0702. The maximum absolute atomic E-state index is 12.1. The lowest BCUT2D eigenvalue weighted by Crippen LogP contribution is -2.14. The number of carbonyl (C=O) groups is 2. The second-order valence-electron chi connectivity index (χ2n) is 3.87. The van der Waals surface area contributed by atoms with Crippen LogP contribution < -0.4 is 4.74 Å². The number of alkyl halides is 2. The van der Waals surface area contributed by atoms with E-state index < -0.39 is 24.7 Å². The van der Waals surface area contributed by atoms with Crippen LogP contribution in [0.5, 0.6) is 5.75 Å². The van der Waals surface area contributed by atoms with E-state index in [0.717, 1.165) is 12.1 Å². The lowest BCUT2D eigenvalue weighted by atomic mass is 9.98. The van der Waals surface area contributed by atoms with E-state index in [1.54, 1.807) is 0 Å². The van der Waals surface area contributed by atoms with Crippen molar-refractivity contribution in [3.8, 4) is 5.75 Å². The molecule has 0 aliphatic heterocycles. The van der Waals surface area contributed by atoms with E-state index in [-0.39, 0.29) is 29.7 Å². The van der Waals surface area contributed by atoms with E-state index in [2.05, 4.69) is 4.74 Å². The number of ether oxygens (including phenoxy) is 1. The Balaban J connectivity index is 3.08. The minimum Gasteiger partial charge on any atom is -0.481 e. The van der Waals surface area contributed by atoms with Crippen molar-refractivity contribution in [1.29, 1.82) is 0 Å². The number of aliphatic carboxylic acids is 2. The lowest BCUT2D eigenvalue weighted by Gasteiger charge is -2.14. The molecule has 0 heterocycles. The van der Waals surface area contributed by atoms with Crippen LogP contribution in [0, 0.1) is 0 Å². The summed E-state index contributed by atoms with van der Waals surface area (Å²) in [7, 11) is 0. The first kappa shape index (κ1) is 15.8. The molecule has 3 N–H and O–H groups in total. The number of carboxylic acid groups (broad SMARTS) is 2. The standard InChI is InChI=1S/C12H12F2O6/c13-12(14)20-7-3-1-6(2-4-9(15)16)8(5-7)10(17)11(18)19/h1,3,5,10,12,17H,2,4H2,(H,15,16)(H,18,19). The number of aryl methyl sites for hydroxylation is 1. The maximum atomic E-state index is 12.1. The first-order chi connectivity index (χ1) is 9.31. The van der Waals surface area contributed by atoms with Gasteiger partial charge in [0.25, 0.3) is 0 Å². The molecular formula is C12H12F2O6. The van der Waals surface area contributed by atoms with Gasteiger partial charge in [-0.15, -0.1) is 0 Å². The number of aliphatic hydroxyl groups is 1. The molecule has 0 saturated heterocycles. The van der Waals surface area contributed by atoms with Crippen LogP contribution >= 0.6 is 0 Å². The molecule has 110 valence electrons. The third-order valence-corrected chi connectivity index (χ3v) is 2.48. The molecular weight excluding hydrogens is 278 g/mol. The Morgan fingerprint density at radius 2 is 1.90 bits per heavy atom. The van der Waals surface area contributed by atoms with E-state index in [0.29, 0.717) is 0 Å². The Labute approximate surface area is 112 Å². The third kappa shape index (κ3) is 4.47. The predicted molar refractivity (Wildman–Crippen MR) is 61.6 cm³/mol. The highest BCUT2D eigenvalue weighted by atomic mass is 19.3. The van der Waals surface area contributed by atoms with Crippen molar-refractivity contribution in [3.05, 3.63) is 29.3 Å². The summed E-state index contributed by atoms with van der Waals surface area (Å²) in [6.07, 6.45) is -2.27. The second kappa shape index (κ2) is 6.80. The van der Waals surface area contributed by atoms with Crippen LogP contribution in [0.4, 0.5) is 8.78 Å². The molecule has 0 spiro atoms. The minimum atomic E-state index is -3.09. The van der Waals surface area contributed by atoms with Crippen molar-refractivity contribution in [2.75, 3.05) is 0 Å². The smallest absolute Gasteiger partial charge is 0.387 e.